The average molecular weight is 425 g/mol. The number of aromatic nitrogens is 4. The molecule has 4 N–H and O–H groups in total. The average Bonchev–Trinajstić information content (AvgIpc) is 3.47. The van der Waals surface area contributed by atoms with E-state index in [4.69, 9.17) is 0 Å². The minimum Gasteiger partial charge on any atom is -0.391 e. The molecule has 2 atom stereocenters. The fourth-order valence-corrected chi connectivity index (χ4v) is 3.88. The second-order valence-corrected chi connectivity index (χ2v) is 8.15. The molecule has 3 heterocycles. The fourth-order valence-electron chi connectivity index (χ4n) is 3.88. The number of nitrogens with zero attached hydrogens (tertiary/aromatic N) is 4. The van der Waals surface area contributed by atoms with Gasteiger partial charge in [-0.15, -0.1) is 5.10 Å². The van der Waals surface area contributed by atoms with Gasteiger partial charge >= 0.3 is 0 Å². The van der Waals surface area contributed by atoms with Crippen LogP contribution in [-0.2, 0) is 0 Å². The molecule has 0 unspecified atom stereocenters. The number of aliphatic hydroxyl groups is 1. The number of hydrogen-bond acceptors (Lipinski definition) is 7. The molecule has 5 rings (SSSR count). The van der Waals surface area contributed by atoms with E-state index in [2.05, 4.69) is 31.0 Å². The molecular formula is C21H24FN7O2. The molecule has 2 saturated carbocycles. The topological polar surface area (TPSA) is 116 Å². The molecule has 2 aliphatic rings. The van der Waals surface area contributed by atoms with Gasteiger partial charge in [-0.2, -0.15) is 0 Å². The van der Waals surface area contributed by atoms with Gasteiger partial charge in [0, 0.05) is 18.3 Å². The van der Waals surface area contributed by atoms with Crippen LogP contribution in [0, 0.1) is 5.82 Å². The van der Waals surface area contributed by atoms with Crippen LogP contribution in [0.15, 0.2) is 30.7 Å². The van der Waals surface area contributed by atoms with Crippen LogP contribution in [0.25, 0.3) is 5.65 Å². The number of aliphatic hydroxyl groups excluding tert-OH is 1. The van der Waals surface area contributed by atoms with E-state index in [1.54, 1.807) is 0 Å². The molecule has 31 heavy (non-hydrogen) atoms. The highest BCUT2D eigenvalue weighted by Crippen LogP contribution is 2.30. The molecule has 3 aromatic rings. The number of pyridine rings is 1. The predicted octanol–water partition coefficient (Wildman–Crippen LogP) is 2.81. The molecule has 9 nitrogen and oxygen atoms in total. The normalized spacial score (nSPS) is 21.1. The van der Waals surface area contributed by atoms with Crippen molar-refractivity contribution in [2.75, 3.05) is 16.0 Å². The van der Waals surface area contributed by atoms with Gasteiger partial charge in [0.15, 0.2) is 17.2 Å². The Labute approximate surface area is 178 Å². The Hall–Kier alpha value is -3.27. The Kier molecular flexibility index (Phi) is 5.14. The standard InChI is InChI=1S/C21H24FN7O2/c22-13-10-23-8-7-14(13)27-21(31)17-11-24-20-16(25-12-5-6-12)9-19(28-29(17)20)26-15-3-1-2-4-18(15)30/h7-12,15,18,25,30H,1-6H2,(H,26,28)(H,23,27,31)/t15-,18-/m1/s1. The predicted molar refractivity (Wildman–Crippen MR) is 114 cm³/mol. The third-order valence-corrected chi connectivity index (χ3v) is 5.72. The van der Waals surface area contributed by atoms with Crippen molar-refractivity contribution in [1.29, 1.82) is 0 Å². The second-order valence-electron chi connectivity index (χ2n) is 8.15. The van der Waals surface area contributed by atoms with E-state index >= 15 is 0 Å². The summed E-state index contributed by atoms with van der Waals surface area (Å²) >= 11 is 0. The minimum atomic E-state index is -0.623. The summed E-state index contributed by atoms with van der Waals surface area (Å²) in [5.74, 6) is -0.608. The van der Waals surface area contributed by atoms with Gasteiger partial charge in [0.2, 0.25) is 0 Å². The first-order valence-electron chi connectivity index (χ1n) is 10.6. The molecule has 0 bridgehead atoms. The summed E-state index contributed by atoms with van der Waals surface area (Å²) in [5.41, 5.74) is 1.49. The lowest BCUT2D eigenvalue weighted by molar-refractivity contribution is 0.101. The van der Waals surface area contributed by atoms with E-state index in [0.29, 0.717) is 17.5 Å². The lowest BCUT2D eigenvalue weighted by atomic mass is 9.92. The summed E-state index contributed by atoms with van der Waals surface area (Å²) in [6.45, 7) is 0. The Morgan fingerprint density at radius 1 is 1.13 bits per heavy atom. The number of imidazole rings is 1. The van der Waals surface area contributed by atoms with Crippen molar-refractivity contribution in [3.63, 3.8) is 0 Å². The van der Waals surface area contributed by atoms with E-state index in [-0.39, 0.29) is 17.4 Å². The third-order valence-electron chi connectivity index (χ3n) is 5.72. The van der Waals surface area contributed by atoms with Crippen molar-refractivity contribution >= 4 is 28.7 Å². The van der Waals surface area contributed by atoms with Crippen molar-refractivity contribution < 1.29 is 14.3 Å². The first-order valence-corrected chi connectivity index (χ1v) is 10.6. The number of carbonyl (C=O) groups excluding carboxylic acids is 1. The lowest BCUT2D eigenvalue weighted by Gasteiger charge is -2.28. The van der Waals surface area contributed by atoms with Gasteiger partial charge in [-0.1, -0.05) is 12.8 Å². The first-order chi connectivity index (χ1) is 15.1. The van der Waals surface area contributed by atoms with Crippen molar-refractivity contribution in [2.45, 2.75) is 56.7 Å². The van der Waals surface area contributed by atoms with Crippen LogP contribution in [0.4, 0.5) is 21.6 Å². The molecular weight excluding hydrogens is 401 g/mol. The fraction of sp³-hybridized carbons (Fsp3) is 0.429. The highest BCUT2D eigenvalue weighted by Gasteiger charge is 2.26. The Morgan fingerprint density at radius 3 is 2.74 bits per heavy atom. The molecule has 0 saturated heterocycles. The van der Waals surface area contributed by atoms with Crippen molar-refractivity contribution in [1.82, 2.24) is 19.6 Å². The van der Waals surface area contributed by atoms with Crippen LogP contribution in [-0.4, -0.2) is 48.8 Å². The number of anilines is 3. The lowest BCUT2D eigenvalue weighted by Crippen LogP contribution is -2.36. The van der Waals surface area contributed by atoms with Crippen LogP contribution in [0.1, 0.15) is 49.0 Å². The van der Waals surface area contributed by atoms with Gasteiger partial charge in [-0.25, -0.2) is 13.9 Å². The summed E-state index contributed by atoms with van der Waals surface area (Å²) in [4.78, 5) is 20.9. The van der Waals surface area contributed by atoms with Crippen LogP contribution in [0.2, 0.25) is 0 Å². The van der Waals surface area contributed by atoms with Crippen LogP contribution >= 0.6 is 0 Å². The van der Waals surface area contributed by atoms with Crippen LogP contribution < -0.4 is 16.0 Å². The largest absolute Gasteiger partial charge is 0.391 e. The summed E-state index contributed by atoms with van der Waals surface area (Å²) in [5, 5.41) is 24.2. The molecule has 0 spiro atoms. The summed E-state index contributed by atoms with van der Waals surface area (Å²) < 4.78 is 15.4. The van der Waals surface area contributed by atoms with Crippen molar-refractivity contribution in [3.8, 4) is 0 Å². The smallest absolute Gasteiger partial charge is 0.276 e. The van der Waals surface area contributed by atoms with E-state index in [1.807, 2.05) is 6.07 Å². The highest BCUT2D eigenvalue weighted by molar-refractivity contribution is 6.03. The van der Waals surface area contributed by atoms with Gasteiger partial charge in [0.1, 0.15) is 5.82 Å². The van der Waals surface area contributed by atoms with Crippen LogP contribution in [0.5, 0.6) is 0 Å². The Bertz CT molecular complexity index is 1110. The molecule has 3 aromatic heterocycles. The quantitative estimate of drug-likeness (QED) is 0.480. The molecule has 162 valence electrons. The second kappa shape index (κ2) is 8.10. The third kappa shape index (κ3) is 4.15. The zero-order valence-corrected chi connectivity index (χ0v) is 16.9. The van der Waals surface area contributed by atoms with Crippen LogP contribution in [0.3, 0.4) is 0 Å². The van der Waals surface area contributed by atoms with E-state index < -0.39 is 17.8 Å². The molecule has 10 heteroatoms. The van der Waals surface area contributed by atoms with Crippen molar-refractivity contribution in [2.24, 2.45) is 0 Å². The van der Waals surface area contributed by atoms with E-state index in [0.717, 1.165) is 50.4 Å². The first kappa shape index (κ1) is 19.7. The Morgan fingerprint density at radius 2 is 1.97 bits per heavy atom. The minimum absolute atomic E-state index is 0.0332. The Balaban J connectivity index is 1.48. The SMILES string of the molecule is O=C(Nc1ccncc1F)c1cnc2c(NC3CC3)cc(N[C@@H]3CCCC[C@H]3O)nn12. The number of amides is 1. The number of fused-ring (bicyclic) bond motifs is 1. The van der Waals surface area contributed by atoms with E-state index in [1.165, 1.54) is 23.0 Å². The number of rotatable bonds is 6. The zero-order chi connectivity index (χ0) is 21.4. The maximum absolute atomic E-state index is 13.9. The maximum Gasteiger partial charge on any atom is 0.276 e. The zero-order valence-electron chi connectivity index (χ0n) is 16.9. The maximum atomic E-state index is 13.9. The highest BCUT2D eigenvalue weighted by atomic mass is 19.1. The molecule has 1 amide bonds. The summed E-state index contributed by atoms with van der Waals surface area (Å²) in [6.07, 6.45) is 9.24. The van der Waals surface area contributed by atoms with Gasteiger partial charge in [-0.3, -0.25) is 9.78 Å². The molecule has 2 fully saturated rings. The number of nitrogens with one attached hydrogen (secondary N) is 3. The molecule has 0 radical (unpaired) electrons. The van der Waals surface area contributed by atoms with Gasteiger partial charge in [0.05, 0.1) is 35.9 Å². The number of carbonyl (C=O) groups is 1. The van der Waals surface area contributed by atoms with Gasteiger partial charge in [0.25, 0.3) is 5.91 Å². The summed E-state index contributed by atoms with van der Waals surface area (Å²) in [6, 6.07) is 3.53. The van der Waals surface area contributed by atoms with Crippen molar-refractivity contribution in [3.05, 3.63) is 42.2 Å². The number of hydrogen-bond donors (Lipinski definition) is 4. The molecule has 0 aromatic carbocycles. The monoisotopic (exact) mass is 425 g/mol. The summed E-state index contributed by atoms with van der Waals surface area (Å²) in [7, 11) is 0. The molecule has 0 aliphatic heterocycles. The molecule has 2 aliphatic carbocycles. The van der Waals surface area contributed by atoms with E-state index in [9.17, 15) is 14.3 Å². The number of halogens is 1. The van der Waals surface area contributed by atoms with Gasteiger partial charge < -0.3 is 21.1 Å². The van der Waals surface area contributed by atoms with Gasteiger partial charge in [-0.05, 0) is 31.7 Å².